The van der Waals surface area contributed by atoms with E-state index in [1.807, 2.05) is 19.1 Å². The van der Waals surface area contributed by atoms with Crippen molar-refractivity contribution in [1.29, 1.82) is 0 Å². The van der Waals surface area contributed by atoms with Crippen LogP contribution in [0.3, 0.4) is 0 Å². The summed E-state index contributed by atoms with van der Waals surface area (Å²) in [5.41, 5.74) is 6.09. The smallest absolute Gasteiger partial charge is 0.259 e. The van der Waals surface area contributed by atoms with Crippen molar-refractivity contribution in [2.24, 2.45) is 0 Å². The van der Waals surface area contributed by atoms with E-state index in [0.717, 1.165) is 36.2 Å². The van der Waals surface area contributed by atoms with Gasteiger partial charge < -0.3 is 14.8 Å². The molecule has 2 N–H and O–H groups in total. The van der Waals surface area contributed by atoms with E-state index in [9.17, 15) is 4.79 Å². The molecule has 1 atom stereocenters. The number of hydrogen-bond acceptors (Lipinski definition) is 4. The molecule has 29 heavy (non-hydrogen) atoms. The number of para-hydroxylation sites is 1. The van der Waals surface area contributed by atoms with E-state index in [2.05, 4.69) is 52.5 Å². The van der Waals surface area contributed by atoms with Gasteiger partial charge in [-0.25, -0.2) is 4.98 Å². The standard InChI is InChI=1S/C23H24N4O2/c1-12(2)19-11-16(20-13(3)27-29-23(20)26-19)22(28)25-18-10-6-8-15-14-7-4-5-9-17(14)24-21(15)18/h4-5,7,9,11-12,18,24H,6,8,10H2,1-3H3,(H,25,28). The fraction of sp³-hybridized carbons (Fsp3) is 0.348. The van der Waals surface area contributed by atoms with E-state index < -0.39 is 0 Å². The first-order chi connectivity index (χ1) is 14.0. The molecule has 1 aliphatic carbocycles. The van der Waals surface area contributed by atoms with Gasteiger partial charge in [-0.15, -0.1) is 0 Å². The van der Waals surface area contributed by atoms with Gasteiger partial charge in [0.1, 0.15) is 0 Å². The maximum Gasteiger partial charge on any atom is 0.259 e. The number of fused-ring (bicyclic) bond motifs is 4. The first-order valence-corrected chi connectivity index (χ1v) is 10.2. The minimum atomic E-state index is -0.109. The molecule has 1 aromatic carbocycles. The first-order valence-electron chi connectivity index (χ1n) is 10.2. The van der Waals surface area contributed by atoms with Gasteiger partial charge in [-0.1, -0.05) is 37.2 Å². The third-order valence-electron chi connectivity index (χ3n) is 5.89. The van der Waals surface area contributed by atoms with E-state index in [1.165, 1.54) is 10.9 Å². The molecule has 1 unspecified atom stereocenters. The highest BCUT2D eigenvalue weighted by Gasteiger charge is 2.27. The van der Waals surface area contributed by atoms with Crippen molar-refractivity contribution in [3.8, 4) is 0 Å². The molecule has 1 amide bonds. The summed E-state index contributed by atoms with van der Waals surface area (Å²) in [6.45, 7) is 5.95. The second kappa shape index (κ2) is 6.72. The quantitative estimate of drug-likeness (QED) is 0.520. The van der Waals surface area contributed by atoms with Crippen molar-refractivity contribution in [2.75, 3.05) is 0 Å². The minimum Gasteiger partial charge on any atom is -0.356 e. The Balaban J connectivity index is 1.54. The molecular formula is C23H24N4O2. The Morgan fingerprint density at radius 2 is 2.14 bits per heavy atom. The third-order valence-corrected chi connectivity index (χ3v) is 5.89. The molecule has 0 fully saturated rings. The van der Waals surface area contributed by atoms with Crippen LogP contribution in [0.25, 0.3) is 22.0 Å². The van der Waals surface area contributed by atoms with Crippen LogP contribution in [0.2, 0.25) is 0 Å². The molecule has 6 nitrogen and oxygen atoms in total. The van der Waals surface area contributed by atoms with Gasteiger partial charge in [0, 0.05) is 22.3 Å². The number of nitrogens with one attached hydrogen (secondary N) is 2. The van der Waals surface area contributed by atoms with Gasteiger partial charge in [0.15, 0.2) is 0 Å². The van der Waals surface area contributed by atoms with E-state index in [1.54, 1.807) is 0 Å². The van der Waals surface area contributed by atoms with Crippen LogP contribution in [0.4, 0.5) is 0 Å². The summed E-state index contributed by atoms with van der Waals surface area (Å²) >= 11 is 0. The number of rotatable bonds is 3. The fourth-order valence-electron chi connectivity index (χ4n) is 4.38. The number of aryl methyl sites for hydroxylation is 2. The van der Waals surface area contributed by atoms with Crippen LogP contribution < -0.4 is 5.32 Å². The van der Waals surface area contributed by atoms with E-state index in [-0.39, 0.29) is 17.9 Å². The second-order valence-electron chi connectivity index (χ2n) is 8.18. The summed E-state index contributed by atoms with van der Waals surface area (Å²) in [7, 11) is 0. The SMILES string of the molecule is Cc1noc2nc(C(C)C)cc(C(=O)NC3CCCc4c3[nH]c3ccccc43)c12. The van der Waals surface area contributed by atoms with E-state index >= 15 is 0 Å². The molecule has 0 aliphatic heterocycles. The highest BCUT2D eigenvalue weighted by atomic mass is 16.5. The Bertz CT molecular complexity index is 1230. The summed E-state index contributed by atoms with van der Waals surface area (Å²) in [6.07, 6.45) is 3.00. The topological polar surface area (TPSA) is 83.8 Å². The molecule has 0 saturated carbocycles. The van der Waals surface area contributed by atoms with Crippen molar-refractivity contribution in [2.45, 2.75) is 52.0 Å². The number of benzene rings is 1. The summed E-state index contributed by atoms with van der Waals surface area (Å²) < 4.78 is 5.37. The molecule has 6 heteroatoms. The van der Waals surface area contributed by atoms with Crippen molar-refractivity contribution >= 4 is 27.9 Å². The van der Waals surface area contributed by atoms with Crippen molar-refractivity contribution in [3.63, 3.8) is 0 Å². The predicted octanol–water partition coefficient (Wildman–Crippen LogP) is 4.94. The molecule has 3 heterocycles. The van der Waals surface area contributed by atoms with E-state index in [0.29, 0.717) is 22.4 Å². The summed E-state index contributed by atoms with van der Waals surface area (Å²) in [5, 5.41) is 9.24. The summed E-state index contributed by atoms with van der Waals surface area (Å²) in [5.74, 6) is 0.0773. The lowest BCUT2D eigenvalue weighted by Crippen LogP contribution is -2.31. The lowest BCUT2D eigenvalue weighted by Gasteiger charge is -2.24. The van der Waals surface area contributed by atoms with Crippen molar-refractivity contribution in [3.05, 3.63) is 58.5 Å². The highest BCUT2D eigenvalue weighted by molar-refractivity contribution is 6.06. The van der Waals surface area contributed by atoms with Crippen molar-refractivity contribution in [1.82, 2.24) is 20.4 Å². The average molecular weight is 388 g/mol. The lowest BCUT2D eigenvalue weighted by molar-refractivity contribution is 0.0933. The number of pyridine rings is 1. The van der Waals surface area contributed by atoms with Crippen LogP contribution >= 0.6 is 0 Å². The van der Waals surface area contributed by atoms with Gasteiger partial charge in [0.25, 0.3) is 11.6 Å². The molecule has 148 valence electrons. The molecule has 5 rings (SSSR count). The Hall–Kier alpha value is -3.15. The predicted molar refractivity (Wildman–Crippen MR) is 112 cm³/mol. The van der Waals surface area contributed by atoms with Gasteiger partial charge in [0.05, 0.1) is 22.7 Å². The van der Waals surface area contributed by atoms with Crippen LogP contribution in [0.5, 0.6) is 0 Å². The van der Waals surface area contributed by atoms with Gasteiger partial charge in [-0.3, -0.25) is 4.79 Å². The van der Waals surface area contributed by atoms with Gasteiger partial charge >= 0.3 is 0 Å². The normalized spacial score (nSPS) is 16.5. The number of hydrogen-bond donors (Lipinski definition) is 2. The Kier molecular flexibility index (Phi) is 4.15. The fourth-order valence-corrected chi connectivity index (χ4v) is 4.38. The van der Waals surface area contributed by atoms with E-state index in [4.69, 9.17) is 4.52 Å². The number of nitrogens with zero attached hydrogens (tertiary/aromatic N) is 2. The number of H-pyrrole nitrogens is 1. The lowest BCUT2D eigenvalue weighted by atomic mass is 9.91. The van der Waals surface area contributed by atoms with Crippen LogP contribution in [0, 0.1) is 6.92 Å². The number of carbonyl (C=O) groups is 1. The largest absolute Gasteiger partial charge is 0.356 e. The van der Waals surface area contributed by atoms with Crippen LogP contribution in [-0.4, -0.2) is 21.0 Å². The highest BCUT2D eigenvalue weighted by Crippen LogP contribution is 2.35. The van der Waals surface area contributed by atoms with Crippen LogP contribution in [0.15, 0.2) is 34.9 Å². The third kappa shape index (κ3) is 2.90. The first kappa shape index (κ1) is 17.9. The summed E-state index contributed by atoms with van der Waals surface area (Å²) in [4.78, 5) is 21.4. The molecule has 0 saturated heterocycles. The van der Waals surface area contributed by atoms with Crippen LogP contribution in [-0.2, 0) is 6.42 Å². The number of amides is 1. The maximum absolute atomic E-state index is 13.4. The molecule has 1 aliphatic rings. The Morgan fingerprint density at radius 1 is 1.31 bits per heavy atom. The molecule has 4 aromatic rings. The zero-order chi connectivity index (χ0) is 20.1. The Morgan fingerprint density at radius 3 is 2.97 bits per heavy atom. The monoisotopic (exact) mass is 388 g/mol. The number of aromatic nitrogens is 3. The van der Waals surface area contributed by atoms with Crippen LogP contribution in [0.1, 0.15) is 71.7 Å². The average Bonchev–Trinajstić information content (AvgIpc) is 3.29. The van der Waals surface area contributed by atoms with Gasteiger partial charge in [-0.2, -0.15) is 0 Å². The zero-order valence-corrected chi connectivity index (χ0v) is 16.9. The van der Waals surface area contributed by atoms with Gasteiger partial charge in [-0.05, 0) is 49.8 Å². The second-order valence-corrected chi connectivity index (χ2v) is 8.18. The molecule has 0 radical (unpaired) electrons. The molecular weight excluding hydrogens is 364 g/mol. The van der Waals surface area contributed by atoms with Gasteiger partial charge in [0.2, 0.25) is 0 Å². The minimum absolute atomic E-state index is 0.0375. The number of aromatic amines is 1. The Labute approximate surface area is 168 Å². The maximum atomic E-state index is 13.4. The molecule has 0 bridgehead atoms. The molecule has 3 aromatic heterocycles. The zero-order valence-electron chi connectivity index (χ0n) is 16.9. The van der Waals surface area contributed by atoms with Crippen molar-refractivity contribution < 1.29 is 9.32 Å². The summed E-state index contributed by atoms with van der Waals surface area (Å²) in [6, 6.07) is 10.2. The number of carbonyl (C=O) groups excluding carboxylic acids is 1. The molecule has 0 spiro atoms.